The molecule has 0 radical (unpaired) electrons. The summed E-state index contributed by atoms with van der Waals surface area (Å²) in [6.45, 7) is 2.27. The zero-order valence-corrected chi connectivity index (χ0v) is 11.7. The average Bonchev–Trinajstić information content (AvgIpc) is 2.34. The van der Waals surface area contributed by atoms with Gasteiger partial charge in [0.05, 0.1) is 0 Å². The molecule has 0 bridgehead atoms. The summed E-state index contributed by atoms with van der Waals surface area (Å²) < 4.78 is 0. The lowest BCUT2D eigenvalue weighted by molar-refractivity contribution is 0.607. The summed E-state index contributed by atoms with van der Waals surface area (Å²) in [7, 11) is 4.20. The topological polar surface area (TPSA) is 3.24 Å². The molecule has 96 valence electrons. The molecule has 17 heavy (non-hydrogen) atoms. The van der Waals surface area contributed by atoms with E-state index in [1.165, 1.54) is 56.2 Å². The van der Waals surface area contributed by atoms with Crippen LogP contribution < -0.4 is 4.90 Å². The highest BCUT2D eigenvalue weighted by molar-refractivity contribution is 5.47. The van der Waals surface area contributed by atoms with Crippen LogP contribution >= 0.6 is 0 Å². The first kappa shape index (κ1) is 14.1. The summed E-state index contributed by atoms with van der Waals surface area (Å²) >= 11 is 0. The third kappa shape index (κ3) is 5.76. The van der Waals surface area contributed by atoms with E-state index in [1.807, 2.05) is 0 Å². The highest BCUT2D eigenvalue weighted by Crippen LogP contribution is 2.16. The van der Waals surface area contributed by atoms with Crippen LogP contribution in [0, 0.1) is 0 Å². The van der Waals surface area contributed by atoms with Gasteiger partial charge in [0.25, 0.3) is 0 Å². The molecule has 0 fully saturated rings. The molecule has 1 nitrogen and oxygen atoms in total. The van der Waals surface area contributed by atoms with E-state index in [2.05, 4.69) is 50.2 Å². The van der Waals surface area contributed by atoms with Crippen LogP contribution in [0.15, 0.2) is 24.3 Å². The fourth-order valence-corrected chi connectivity index (χ4v) is 2.10. The average molecular weight is 233 g/mol. The first-order chi connectivity index (χ1) is 8.24. The first-order valence-corrected chi connectivity index (χ1v) is 7.00. The zero-order valence-electron chi connectivity index (χ0n) is 11.7. The SMILES string of the molecule is CCCCCCCCc1cccc(N(C)C)c1. The molecule has 0 saturated carbocycles. The maximum absolute atomic E-state index is 2.31. The Morgan fingerprint density at radius 3 is 2.35 bits per heavy atom. The molecule has 1 aromatic rings. The van der Waals surface area contributed by atoms with E-state index >= 15 is 0 Å². The molecule has 0 atom stereocenters. The van der Waals surface area contributed by atoms with Crippen molar-refractivity contribution in [2.45, 2.75) is 51.9 Å². The number of hydrogen-bond donors (Lipinski definition) is 0. The number of nitrogens with zero attached hydrogens (tertiary/aromatic N) is 1. The molecule has 1 aromatic carbocycles. The maximum atomic E-state index is 2.31. The summed E-state index contributed by atoms with van der Waals surface area (Å²) in [6.07, 6.45) is 9.50. The summed E-state index contributed by atoms with van der Waals surface area (Å²) in [6, 6.07) is 8.90. The summed E-state index contributed by atoms with van der Waals surface area (Å²) in [4.78, 5) is 2.17. The molecule has 0 aromatic heterocycles. The lowest BCUT2D eigenvalue weighted by Gasteiger charge is -2.13. The number of benzene rings is 1. The van der Waals surface area contributed by atoms with Gasteiger partial charge < -0.3 is 4.90 Å². The van der Waals surface area contributed by atoms with E-state index in [0.717, 1.165) is 0 Å². The number of aryl methyl sites for hydroxylation is 1. The largest absolute Gasteiger partial charge is 0.378 e. The van der Waals surface area contributed by atoms with Gasteiger partial charge in [0, 0.05) is 19.8 Å². The summed E-state index contributed by atoms with van der Waals surface area (Å²) in [5, 5.41) is 0. The van der Waals surface area contributed by atoms with E-state index in [4.69, 9.17) is 0 Å². The third-order valence-electron chi connectivity index (χ3n) is 3.25. The number of hydrogen-bond acceptors (Lipinski definition) is 1. The van der Waals surface area contributed by atoms with Crippen LogP contribution in [0.25, 0.3) is 0 Å². The van der Waals surface area contributed by atoms with Gasteiger partial charge in [0.1, 0.15) is 0 Å². The van der Waals surface area contributed by atoms with Crippen LogP contribution in [0.5, 0.6) is 0 Å². The Kier molecular flexibility index (Phi) is 6.76. The highest BCUT2D eigenvalue weighted by Gasteiger charge is 1.98. The Morgan fingerprint density at radius 1 is 0.941 bits per heavy atom. The Morgan fingerprint density at radius 2 is 1.65 bits per heavy atom. The normalized spacial score (nSPS) is 10.5. The van der Waals surface area contributed by atoms with Crippen LogP contribution in [0.2, 0.25) is 0 Å². The molecule has 0 saturated heterocycles. The second-order valence-electron chi connectivity index (χ2n) is 5.08. The van der Waals surface area contributed by atoms with Gasteiger partial charge in [-0.05, 0) is 30.5 Å². The van der Waals surface area contributed by atoms with E-state index in [-0.39, 0.29) is 0 Å². The molecule has 0 heterocycles. The van der Waals surface area contributed by atoms with E-state index in [0.29, 0.717) is 0 Å². The van der Waals surface area contributed by atoms with Crippen molar-refractivity contribution in [2.75, 3.05) is 19.0 Å². The summed E-state index contributed by atoms with van der Waals surface area (Å²) in [5.74, 6) is 0. The molecule has 1 heteroatoms. The fraction of sp³-hybridized carbons (Fsp3) is 0.625. The Balaban J connectivity index is 2.24. The van der Waals surface area contributed by atoms with Crippen molar-refractivity contribution in [3.05, 3.63) is 29.8 Å². The minimum absolute atomic E-state index is 1.23. The van der Waals surface area contributed by atoms with Gasteiger partial charge in [0.15, 0.2) is 0 Å². The lowest BCUT2D eigenvalue weighted by Crippen LogP contribution is -2.08. The van der Waals surface area contributed by atoms with Gasteiger partial charge in [-0.3, -0.25) is 0 Å². The maximum Gasteiger partial charge on any atom is 0.0363 e. The van der Waals surface area contributed by atoms with Crippen LogP contribution in [-0.4, -0.2) is 14.1 Å². The molecule has 0 aliphatic rings. The fourth-order valence-electron chi connectivity index (χ4n) is 2.10. The number of anilines is 1. The van der Waals surface area contributed by atoms with Crippen molar-refractivity contribution < 1.29 is 0 Å². The van der Waals surface area contributed by atoms with Gasteiger partial charge in [-0.2, -0.15) is 0 Å². The second kappa shape index (κ2) is 8.16. The van der Waals surface area contributed by atoms with Gasteiger partial charge in [-0.25, -0.2) is 0 Å². The van der Waals surface area contributed by atoms with Gasteiger partial charge >= 0.3 is 0 Å². The molecular weight excluding hydrogens is 206 g/mol. The van der Waals surface area contributed by atoms with Crippen LogP contribution in [0.1, 0.15) is 51.0 Å². The molecule has 1 rings (SSSR count). The molecular formula is C16H27N. The molecule has 0 amide bonds. The van der Waals surface area contributed by atoms with Crippen LogP contribution in [0.4, 0.5) is 5.69 Å². The Bertz CT molecular complexity index is 304. The third-order valence-corrected chi connectivity index (χ3v) is 3.25. The van der Waals surface area contributed by atoms with Crippen molar-refractivity contribution >= 4 is 5.69 Å². The number of unbranched alkanes of at least 4 members (excludes halogenated alkanes) is 5. The predicted molar refractivity (Wildman–Crippen MR) is 77.8 cm³/mol. The monoisotopic (exact) mass is 233 g/mol. The number of rotatable bonds is 8. The van der Waals surface area contributed by atoms with Gasteiger partial charge in [-0.15, -0.1) is 0 Å². The Labute approximate surface area is 107 Å². The zero-order chi connectivity index (χ0) is 12.5. The smallest absolute Gasteiger partial charge is 0.0363 e. The molecule has 0 spiro atoms. The standard InChI is InChI=1S/C16H27N/c1-4-5-6-7-8-9-11-15-12-10-13-16(14-15)17(2)3/h10,12-14H,4-9,11H2,1-3H3. The predicted octanol–water partition coefficient (Wildman–Crippen LogP) is 4.66. The van der Waals surface area contributed by atoms with E-state index < -0.39 is 0 Å². The molecule has 0 aliphatic heterocycles. The molecule has 0 N–H and O–H groups in total. The van der Waals surface area contributed by atoms with Crippen molar-refractivity contribution in [1.29, 1.82) is 0 Å². The quantitative estimate of drug-likeness (QED) is 0.590. The van der Waals surface area contributed by atoms with Crippen molar-refractivity contribution in [2.24, 2.45) is 0 Å². The van der Waals surface area contributed by atoms with Gasteiger partial charge in [-0.1, -0.05) is 51.2 Å². The lowest BCUT2D eigenvalue weighted by atomic mass is 10.0. The molecule has 0 aliphatic carbocycles. The highest BCUT2D eigenvalue weighted by atomic mass is 15.1. The molecule has 0 unspecified atom stereocenters. The van der Waals surface area contributed by atoms with E-state index in [9.17, 15) is 0 Å². The van der Waals surface area contributed by atoms with Crippen molar-refractivity contribution in [3.8, 4) is 0 Å². The minimum atomic E-state index is 1.23. The van der Waals surface area contributed by atoms with Crippen molar-refractivity contribution in [1.82, 2.24) is 0 Å². The van der Waals surface area contributed by atoms with Crippen LogP contribution in [-0.2, 0) is 6.42 Å². The second-order valence-corrected chi connectivity index (χ2v) is 5.08. The first-order valence-electron chi connectivity index (χ1n) is 7.00. The van der Waals surface area contributed by atoms with E-state index in [1.54, 1.807) is 0 Å². The van der Waals surface area contributed by atoms with Gasteiger partial charge in [0.2, 0.25) is 0 Å². The Hall–Kier alpha value is -0.980. The van der Waals surface area contributed by atoms with Crippen LogP contribution in [0.3, 0.4) is 0 Å². The van der Waals surface area contributed by atoms with Crippen molar-refractivity contribution in [3.63, 3.8) is 0 Å². The summed E-state index contributed by atoms with van der Waals surface area (Å²) in [5.41, 5.74) is 2.79. The minimum Gasteiger partial charge on any atom is -0.378 e.